The second-order valence-corrected chi connectivity index (χ2v) is 7.96. The quantitative estimate of drug-likeness (QED) is 0.709. The van der Waals surface area contributed by atoms with E-state index in [0.717, 1.165) is 11.1 Å². The number of hydrogen-bond donors (Lipinski definition) is 2. The number of carbonyl (C=O) groups is 4. The molecule has 160 valence electrons. The van der Waals surface area contributed by atoms with Crippen molar-refractivity contribution in [1.29, 1.82) is 0 Å². The number of amides is 4. The number of piperidine rings is 1. The summed E-state index contributed by atoms with van der Waals surface area (Å²) >= 11 is 6.05. The van der Waals surface area contributed by atoms with Crippen molar-refractivity contribution in [1.82, 2.24) is 10.2 Å². The first-order chi connectivity index (χ1) is 14.8. The minimum absolute atomic E-state index is 0.0234. The number of hydrogen-bond acceptors (Lipinski definition) is 5. The molecule has 2 heterocycles. The normalized spacial score (nSPS) is 17.9. The number of anilines is 1. The zero-order chi connectivity index (χ0) is 22.1. The second kappa shape index (κ2) is 8.39. The van der Waals surface area contributed by atoms with Gasteiger partial charge in [-0.2, -0.15) is 0 Å². The van der Waals surface area contributed by atoms with Gasteiger partial charge < -0.3 is 9.64 Å². The number of carbonyl (C=O) groups excluding carboxylic acids is 4. The Kier molecular flexibility index (Phi) is 5.65. The van der Waals surface area contributed by atoms with E-state index in [-0.39, 0.29) is 24.8 Å². The molecule has 0 spiro atoms. The Labute approximate surface area is 183 Å². The molecule has 0 saturated carbocycles. The highest BCUT2D eigenvalue weighted by Gasteiger charge is 2.39. The summed E-state index contributed by atoms with van der Waals surface area (Å²) in [7, 11) is 0. The fraction of sp³-hybridized carbons (Fsp3) is 0.273. The van der Waals surface area contributed by atoms with Crippen LogP contribution in [0.2, 0.25) is 5.02 Å². The Morgan fingerprint density at radius 3 is 2.77 bits per heavy atom. The third-order valence-electron chi connectivity index (χ3n) is 5.38. The second-order valence-electron chi connectivity index (χ2n) is 7.56. The summed E-state index contributed by atoms with van der Waals surface area (Å²) in [6.07, 6.45) is -0.127. The van der Waals surface area contributed by atoms with Crippen LogP contribution in [-0.2, 0) is 27.5 Å². The lowest BCUT2D eigenvalue weighted by atomic mass is 10.0. The van der Waals surface area contributed by atoms with E-state index in [1.165, 1.54) is 4.90 Å². The van der Waals surface area contributed by atoms with Gasteiger partial charge in [0.2, 0.25) is 11.8 Å². The summed E-state index contributed by atoms with van der Waals surface area (Å²) in [5.74, 6) is -1.05. The molecule has 1 atom stereocenters. The summed E-state index contributed by atoms with van der Waals surface area (Å²) < 4.78 is 5.25. The van der Waals surface area contributed by atoms with E-state index in [4.69, 9.17) is 16.3 Å². The SMILES string of the molecule is Cc1ccc(NC(=O)OCc2ccc3c(c2)C(=O)N(C2CCC(=O)NC2=O)C3)cc1Cl. The van der Waals surface area contributed by atoms with Crippen LogP contribution in [0.4, 0.5) is 10.5 Å². The maximum atomic E-state index is 12.8. The van der Waals surface area contributed by atoms with Gasteiger partial charge in [-0.3, -0.25) is 25.0 Å². The van der Waals surface area contributed by atoms with Gasteiger partial charge in [-0.05, 0) is 48.2 Å². The number of halogens is 1. The molecule has 2 N–H and O–H groups in total. The average molecular weight is 442 g/mol. The van der Waals surface area contributed by atoms with Crippen LogP contribution >= 0.6 is 11.6 Å². The van der Waals surface area contributed by atoms with Crippen molar-refractivity contribution in [2.24, 2.45) is 0 Å². The van der Waals surface area contributed by atoms with Gasteiger partial charge in [-0.1, -0.05) is 29.8 Å². The lowest BCUT2D eigenvalue weighted by Gasteiger charge is -2.29. The van der Waals surface area contributed by atoms with Crippen molar-refractivity contribution in [3.8, 4) is 0 Å². The van der Waals surface area contributed by atoms with Gasteiger partial charge in [0.05, 0.1) is 0 Å². The van der Waals surface area contributed by atoms with Gasteiger partial charge in [-0.15, -0.1) is 0 Å². The Hall–Kier alpha value is -3.39. The fourth-order valence-electron chi connectivity index (χ4n) is 3.67. The Balaban J connectivity index is 1.38. The van der Waals surface area contributed by atoms with Crippen molar-refractivity contribution in [3.63, 3.8) is 0 Å². The van der Waals surface area contributed by atoms with E-state index >= 15 is 0 Å². The molecule has 4 amide bonds. The van der Waals surface area contributed by atoms with Gasteiger partial charge in [0, 0.05) is 29.2 Å². The summed E-state index contributed by atoms with van der Waals surface area (Å²) in [5.41, 5.74) is 3.32. The third-order valence-corrected chi connectivity index (χ3v) is 5.79. The first-order valence-electron chi connectivity index (χ1n) is 9.78. The molecule has 4 rings (SSSR count). The lowest BCUT2D eigenvalue weighted by molar-refractivity contribution is -0.136. The van der Waals surface area contributed by atoms with Crippen LogP contribution in [0.1, 0.15) is 39.9 Å². The van der Waals surface area contributed by atoms with Crippen LogP contribution in [0.15, 0.2) is 36.4 Å². The van der Waals surface area contributed by atoms with Gasteiger partial charge in [0.25, 0.3) is 5.91 Å². The highest BCUT2D eigenvalue weighted by Crippen LogP contribution is 2.28. The van der Waals surface area contributed by atoms with E-state index in [1.807, 2.05) is 6.92 Å². The minimum Gasteiger partial charge on any atom is -0.444 e. The standard InChI is InChI=1S/C22H20ClN3O5/c1-12-2-5-15(9-17(12)23)24-22(30)31-11-13-3-4-14-10-26(21(29)16(14)8-13)18-6-7-19(27)25-20(18)28/h2-5,8-9,18H,6-7,10-11H2,1H3,(H,24,30)(H,25,27,28). The molecule has 1 fully saturated rings. The topological polar surface area (TPSA) is 105 Å². The number of fused-ring (bicyclic) bond motifs is 1. The number of rotatable bonds is 4. The number of nitrogens with one attached hydrogen (secondary N) is 2. The zero-order valence-electron chi connectivity index (χ0n) is 16.7. The van der Waals surface area contributed by atoms with Crippen molar-refractivity contribution < 1.29 is 23.9 Å². The Morgan fingerprint density at radius 2 is 2.03 bits per heavy atom. The van der Waals surface area contributed by atoms with Crippen molar-refractivity contribution in [2.45, 2.75) is 39.0 Å². The summed E-state index contributed by atoms with van der Waals surface area (Å²) in [6, 6.07) is 9.71. The molecule has 2 aromatic rings. The van der Waals surface area contributed by atoms with Crippen LogP contribution in [-0.4, -0.2) is 34.8 Å². The van der Waals surface area contributed by atoms with Gasteiger partial charge in [0.15, 0.2) is 0 Å². The largest absolute Gasteiger partial charge is 0.444 e. The van der Waals surface area contributed by atoms with Crippen LogP contribution < -0.4 is 10.6 Å². The van der Waals surface area contributed by atoms with E-state index in [1.54, 1.807) is 36.4 Å². The first-order valence-corrected chi connectivity index (χ1v) is 10.2. The zero-order valence-corrected chi connectivity index (χ0v) is 17.5. The monoisotopic (exact) mass is 441 g/mol. The molecule has 2 aliphatic rings. The van der Waals surface area contributed by atoms with Crippen LogP contribution in [0.3, 0.4) is 0 Å². The first kappa shape index (κ1) is 20.9. The number of benzene rings is 2. The number of aryl methyl sites for hydroxylation is 1. The molecule has 8 nitrogen and oxygen atoms in total. The van der Waals surface area contributed by atoms with Crippen molar-refractivity contribution in [3.05, 3.63) is 63.7 Å². The average Bonchev–Trinajstić information content (AvgIpc) is 3.05. The molecule has 31 heavy (non-hydrogen) atoms. The van der Waals surface area contributed by atoms with Gasteiger partial charge in [-0.25, -0.2) is 4.79 Å². The molecule has 9 heteroatoms. The van der Waals surface area contributed by atoms with E-state index in [9.17, 15) is 19.2 Å². The molecule has 1 unspecified atom stereocenters. The number of imide groups is 1. The van der Waals surface area contributed by atoms with Gasteiger partial charge >= 0.3 is 6.09 Å². The maximum Gasteiger partial charge on any atom is 0.411 e. The minimum atomic E-state index is -0.663. The van der Waals surface area contributed by atoms with E-state index < -0.39 is 18.0 Å². The number of nitrogens with zero attached hydrogens (tertiary/aromatic N) is 1. The molecular weight excluding hydrogens is 422 g/mol. The molecule has 0 bridgehead atoms. The Morgan fingerprint density at radius 1 is 1.23 bits per heavy atom. The smallest absolute Gasteiger partial charge is 0.411 e. The van der Waals surface area contributed by atoms with Crippen LogP contribution in [0.25, 0.3) is 0 Å². The lowest BCUT2D eigenvalue weighted by Crippen LogP contribution is -2.52. The molecular formula is C22H20ClN3O5. The van der Waals surface area contributed by atoms with Crippen LogP contribution in [0.5, 0.6) is 0 Å². The maximum absolute atomic E-state index is 12.8. The van der Waals surface area contributed by atoms with Crippen molar-refractivity contribution in [2.75, 3.05) is 5.32 Å². The molecule has 0 radical (unpaired) electrons. The third kappa shape index (κ3) is 4.39. The molecule has 2 aromatic carbocycles. The predicted octanol–water partition coefficient (Wildman–Crippen LogP) is 3.16. The predicted molar refractivity (Wildman–Crippen MR) is 112 cm³/mol. The van der Waals surface area contributed by atoms with E-state index in [2.05, 4.69) is 10.6 Å². The van der Waals surface area contributed by atoms with Crippen molar-refractivity contribution >= 4 is 41.1 Å². The molecule has 0 aromatic heterocycles. The molecule has 2 aliphatic heterocycles. The van der Waals surface area contributed by atoms with Crippen LogP contribution in [0, 0.1) is 6.92 Å². The Bertz CT molecular complexity index is 1100. The summed E-state index contributed by atoms with van der Waals surface area (Å²) in [4.78, 5) is 49.9. The molecule has 1 saturated heterocycles. The highest BCUT2D eigenvalue weighted by atomic mass is 35.5. The molecule has 0 aliphatic carbocycles. The summed E-state index contributed by atoms with van der Waals surface area (Å²) in [6.45, 7) is 2.14. The number of ether oxygens (including phenoxy) is 1. The van der Waals surface area contributed by atoms with Gasteiger partial charge in [0.1, 0.15) is 12.6 Å². The highest BCUT2D eigenvalue weighted by molar-refractivity contribution is 6.31. The summed E-state index contributed by atoms with van der Waals surface area (Å²) in [5, 5.41) is 5.42. The van der Waals surface area contributed by atoms with E-state index in [0.29, 0.717) is 34.8 Å². The fourth-order valence-corrected chi connectivity index (χ4v) is 3.85.